The van der Waals surface area contributed by atoms with E-state index in [-0.39, 0.29) is 12.1 Å². The summed E-state index contributed by atoms with van der Waals surface area (Å²) in [6.45, 7) is 0.0459. The van der Waals surface area contributed by atoms with Crippen molar-refractivity contribution in [1.29, 1.82) is 0 Å². The van der Waals surface area contributed by atoms with Crippen molar-refractivity contribution in [2.24, 2.45) is 0 Å². The Morgan fingerprint density at radius 3 is 2.70 bits per heavy atom. The summed E-state index contributed by atoms with van der Waals surface area (Å²) in [4.78, 5) is 20.1. The van der Waals surface area contributed by atoms with Crippen LogP contribution in [0.1, 0.15) is 16.2 Å². The fourth-order valence-corrected chi connectivity index (χ4v) is 1.95. The maximum absolute atomic E-state index is 13.1. The minimum absolute atomic E-state index is 0.0459. The Hall–Kier alpha value is -3.16. The molecule has 0 unspecified atom stereocenters. The second-order valence-corrected chi connectivity index (χ2v) is 4.69. The quantitative estimate of drug-likeness (QED) is 0.772. The Labute approximate surface area is 129 Å². The lowest BCUT2D eigenvalue weighted by Crippen LogP contribution is -2.23. The van der Waals surface area contributed by atoms with Crippen molar-refractivity contribution in [3.05, 3.63) is 65.7 Å². The first-order chi connectivity index (χ1) is 11.1. The van der Waals surface area contributed by atoms with E-state index in [0.29, 0.717) is 17.7 Å². The molecule has 1 aromatic carbocycles. The van der Waals surface area contributed by atoms with Gasteiger partial charge in [-0.15, -0.1) is 0 Å². The van der Waals surface area contributed by atoms with Gasteiger partial charge in [0, 0.05) is 29.6 Å². The molecule has 1 amide bonds. The lowest BCUT2D eigenvalue weighted by molar-refractivity contribution is 0.0949. The molecule has 6 nitrogen and oxygen atoms in total. The topological polar surface area (TPSA) is 83.6 Å². The predicted octanol–water partition coefficient (Wildman–Crippen LogP) is 2.07. The van der Waals surface area contributed by atoms with E-state index >= 15 is 0 Å². The number of amides is 1. The maximum atomic E-state index is 13.1. The highest BCUT2D eigenvalue weighted by atomic mass is 19.1. The van der Waals surface area contributed by atoms with Gasteiger partial charge in [-0.25, -0.2) is 13.8 Å². The van der Waals surface area contributed by atoms with Crippen molar-refractivity contribution < 1.29 is 13.6 Å². The van der Waals surface area contributed by atoms with Gasteiger partial charge in [-0.05, 0) is 24.3 Å². The second kappa shape index (κ2) is 6.30. The summed E-state index contributed by atoms with van der Waals surface area (Å²) in [5.41, 5.74) is 0.628. The first-order valence-electron chi connectivity index (χ1n) is 6.68. The van der Waals surface area contributed by atoms with E-state index in [1.807, 2.05) is 0 Å². The molecular formula is C15H11F2N5O. The third-order valence-electron chi connectivity index (χ3n) is 2.99. The molecule has 23 heavy (non-hydrogen) atoms. The van der Waals surface area contributed by atoms with Crippen molar-refractivity contribution in [3.8, 4) is 11.4 Å². The highest BCUT2D eigenvalue weighted by Gasteiger charge is 2.11. The van der Waals surface area contributed by atoms with Crippen LogP contribution in [0.25, 0.3) is 11.4 Å². The number of nitrogens with zero attached hydrogens (tertiary/aromatic N) is 3. The summed E-state index contributed by atoms with van der Waals surface area (Å²) >= 11 is 0. The van der Waals surface area contributed by atoms with Gasteiger partial charge in [0.05, 0.1) is 6.54 Å². The van der Waals surface area contributed by atoms with Gasteiger partial charge in [-0.2, -0.15) is 5.10 Å². The molecule has 8 heteroatoms. The van der Waals surface area contributed by atoms with Crippen LogP contribution in [-0.4, -0.2) is 26.1 Å². The SMILES string of the molecule is O=C(NCc1nc(-c2cccnc2)n[nH]1)c1cc(F)cc(F)c1. The number of benzene rings is 1. The van der Waals surface area contributed by atoms with Crippen LogP contribution in [0.3, 0.4) is 0 Å². The molecule has 0 fully saturated rings. The summed E-state index contributed by atoms with van der Waals surface area (Å²) in [7, 11) is 0. The van der Waals surface area contributed by atoms with Gasteiger partial charge in [-0.1, -0.05) is 0 Å². The molecule has 0 spiro atoms. The van der Waals surface area contributed by atoms with Crippen molar-refractivity contribution in [1.82, 2.24) is 25.5 Å². The van der Waals surface area contributed by atoms with Crippen LogP contribution < -0.4 is 5.32 Å². The number of aromatic amines is 1. The van der Waals surface area contributed by atoms with Gasteiger partial charge in [0.15, 0.2) is 5.82 Å². The molecule has 0 bridgehead atoms. The summed E-state index contributed by atoms with van der Waals surface area (Å²) in [6, 6.07) is 6.17. The van der Waals surface area contributed by atoms with E-state index in [1.165, 1.54) is 0 Å². The van der Waals surface area contributed by atoms with Gasteiger partial charge in [-0.3, -0.25) is 14.9 Å². The van der Waals surface area contributed by atoms with Crippen LogP contribution in [0, 0.1) is 11.6 Å². The molecule has 0 radical (unpaired) electrons. The Morgan fingerprint density at radius 2 is 2.00 bits per heavy atom. The molecule has 0 saturated heterocycles. The maximum Gasteiger partial charge on any atom is 0.251 e. The highest BCUT2D eigenvalue weighted by molar-refractivity contribution is 5.94. The number of hydrogen-bond acceptors (Lipinski definition) is 4. The largest absolute Gasteiger partial charge is 0.345 e. The molecule has 3 aromatic rings. The number of pyridine rings is 1. The monoisotopic (exact) mass is 315 g/mol. The van der Waals surface area contributed by atoms with Gasteiger partial charge >= 0.3 is 0 Å². The second-order valence-electron chi connectivity index (χ2n) is 4.69. The third-order valence-corrected chi connectivity index (χ3v) is 2.99. The van der Waals surface area contributed by atoms with Crippen LogP contribution in [0.15, 0.2) is 42.7 Å². The molecule has 0 aliphatic heterocycles. The fraction of sp³-hybridized carbons (Fsp3) is 0.0667. The number of halogens is 2. The number of rotatable bonds is 4. The average Bonchev–Trinajstić information content (AvgIpc) is 3.01. The normalized spacial score (nSPS) is 10.5. The minimum atomic E-state index is -0.811. The van der Waals surface area contributed by atoms with Crippen molar-refractivity contribution in [2.75, 3.05) is 0 Å². The van der Waals surface area contributed by atoms with E-state index in [0.717, 1.165) is 17.7 Å². The van der Waals surface area contributed by atoms with E-state index in [1.54, 1.807) is 24.5 Å². The molecule has 2 N–H and O–H groups in total. The number of nitrogens with one attached hydrogen (secondary N) is 2. The summed E-state index contributed by atoms with van der Waals surface area (Å²) in [6.07, 6.45) is 3.25. The fourth-order valence-electron chi connectivity index (χ4n) is 1.95. The standard InChI is InChI=1S/C15H11F2N5O/c16-11-4-10(5-12(17)6-11)15(23)19-8-13-20-14(22-21-13)9-2-1-3-18-7-9/h1-7H,8H2,(H,19,23)(H,20,21,22). The minimum Gasteiger partial charge on any atom is -0.345 e. The van der Waals surface area contributed by atoms with E-state index in [4.69, 9.17) is 0 Å². The number of aromatic nitrogens is 4. The Morgan fingerprint density at radius 1 is 1.22 bits per heavy atom. The molecule has 2 heterocycles. The van der Waals surface area contributed by atoms with Crippen LogP contribution in [-0.2, 0) is 6.54 Å². The molecule has 3 rings (SSSR count). The molecule has 0 atom stereocenters. The van der Waals surface area contributed by atoms with Gasteiger partial charge in [0.25, 0.3) is 5.91 Å². The van der Waals surface area contributed by atoms with Crippen molar-refractivity contribution >= 4 is 5.91 Å². The zero-order valence-electron chi connectivity index (χ0n) is 11.8. The van der Waals surface area contributed by atoms with Crippen LogP contribution in [0.2, 0.25) is 0 Å². The molecule has 2 aromatic heterocycles. The zero-order chi connectivity index (χ0) is 16.2. The number of carbonyl (C=O) groups is 1. The Balaban J connectivity index is 1.67. The summed E-state index contributed by atoms with van der Waals surface area (Å²) in [5, 5.41) is 9.21. The van der Waals surface area contributed by atoms with Crippen LogP contribution in [0.5, 0.6) is 0 Å². The first kappa shape index (κ1) is 14.8. The lowest BCUT2D eigenvalue weighted by Gasteiger charge is -2.03. The summed E-state index contributed by atoms with van der Waals surface area (Å²) in [5.74, 6) is -1.38. The molecule has 116 valence electrons. The van der Waals surface area contributed by atoms with Gasteiger partial charge in [0.2, 0.25) is 0 Å². The van der Waals surface area contributed by atoms with E-state index in [9.17, 15) is 13.6 Å². The first-order valence-corrected chi connectivity index (χ1v) is 6.68. The van der Waals surface area contributed by atoms with Crippen molar-refractivity contribution in [2.45, 2.75) is 6.54 Å². The Bertz CT molecular complexity index is 815. The predicted molar refractivity (Wildman–Crippen MR) is 77.1 cm³/mol. The number of carbonyl (C=O) groups excluding carboxylic acids is 1. The number of H-pyrrole nitrogens is 1. The average molecular weight is 315 g/mol. The van der Waals surface area contributed by atoms with Crippen molar-refractivity contribution in [3.63, 3.8) is 0 Å². The molecule has 0 aliphatic carbocycles. The highest BCUT2D eigenvalue weighted by Crippen LogP contribution is 2.12. The molecule has 0 saturated carbocycles. The number of hydrogen-bond donors (Lipinski definition) is 2. The van der Waals surface area contributed by atoms with Crippen LogP contribution >= 0.6 is 0 Å². The Kier molecular flexibility index (Phi) is 4.05. The smallest absolute Gasteiger partial charge is 0.251 e. The molecule has 0 aliphatic rings. The van der Waals surface area contributed by atoms with Gasteiger partial charge < -0.3 is 5.32 Å². The van der Waals surface area contributed by atoms with Gasteiger partial charge in [0.1, 0.15) is 17.5 Å². The van der Waals surface area contributed by atoms with E-state index in [2.05, 4.69) is 25.5 Å². The van der Waals surface area contributed by atoms with Crippen LogP contribution in [0.4, 0.5) is 8.78 Å². The lowest BCUT2D eigenvalue weighted by atomic mass is 10.2. The third kappa shape index (κ3) is 3.54. The summed E-state index contributed by atoms with van der Waals surface area (Å²) < 4.78 is 26.2. The zero-order valence-corrected chi connectivity index (χ0v) is 11.8. The van der Waals surface area contributed by atoms with E-state index < -0.39 is 17.5 Å². The molecular weight excluding hydrogens is 304 g/mol.